The molecule has 2 atom stereocenters. The molecule has 1 aromatic rings. The summed E-state index contributed by atoms with van der Waals surface area (Å²) in [5.74, 6) is -0.225. The monoisotopic (exact) mass is 387 g/mol. The van der Waals surface area contributed by atoms with Gasteiger partial charge in [-0.25, -0.2) is 0 Å². The Morgan fingerprint density at radius 1 is 1.14 bits per heavy atom. The second kappa shape index (κ2) is 10.2. The zero-order valence-corrected chi connectivity index (χ0v) is 17.5. The molecule has 0 bridgehead atoms. The highest BCUT2D eigenvalue weighted by molar-refractivity contribution is 5.97. The minimum Gasteiger partial charge on any atom is -0.352 e. The van der Waals surface area contributed by atoms with Crippen LogP contribution in [0.3, 0.4) is 0 Å². The SMILES string of the molecule is CCC(=O)N1CCC([C@@H](NC(=O)c2cccc(C)c2)C(=O)N[C@H](C)CC)CC1. The molecule has 0 aromatic heterocycles. The molecule has 0 unspecified atom stereocenters. The van der Waals surface area contributed by atoms with Gasteiger partial charge in [0.25, 0.3) is 5.91 Å². The van der Waals surface area contributed by atoms with Gasteiger partial charge >= 0.3 is 0 Å². The number of nitrogens with one attached hydrogen (secondary N) is 2. The molecule has 1 fully saturated rings. The number of rotatable bonds is 7. The van der Waals surface area contributed by atoms with Gasteiger partial charge in [-0.15, -0.1) is 0 Å². The maximum atomic E-state index is 12.9. The lowest BCUT2D eigenvalue weighted by atomic mass is 9.88. The molecule has 1 saturated heterocycles. The largest absolute Gasteiger partial charge is 0.352 e. The Labute approximate surface area is 168 Å². The molecule has 28 heavy (non-hydrogen) atoms. The van der Waals surface area contributed by atoms with E-state index in [0.29, 0.717) is 37.9 Å². The smallest absolute Gasteiger partial charge is 0.251 e. The number of piperidine rings is 1. The number of likely N-dealkylation sites (tertiary alicyclic amines) is 1. The van der Waals surface area contributed by atoms with Gasteiger partial charge in [0.15, 0.2) is 0 Å². The molecule has 6 nitrogen and oxygen atoms in total. The molecule has 1 aliphatic heterocycles. The fourth-order valence-electron chi connectivity index (χ4n) is 3.55. The van der Waals surface area contributed by atoms with Gasteiger partial charge in [-0.2, -0.15) is 0 Å². The lowest BCUT2D eigenvalue weighted by molar-refractivity contribution is -0.132. The summed E-state index contributed by atoms with van der Waals surface area (Å²) in [5.41, 5.74) is 1.56. The number of aryl methyl sites for hydroxylation is 1. The third-order valence-electron chi connectivity index (χ3n) is 5.52. The van der Waals surface area contributed by atoms with Crippen molar-refractivity contribution < 1.29 is 14.4 Å². The van der Waals surface area contributed by atoms with E-state index in [0.717, 1.165) is 12.0 Å². The molecule has 154 valence electrons. The van der Waals surface area contributed by atoms with E-state index in [-0.39, 0.29) is 29.7 Å². The van der Waals surface area contributed by atoms with Crippen molar-refractivity contribution in [1.82, 2.24) is 15.5 Å². The van der Waals surface area contributed by atoms with E-state index in [1.165, 1.54) is 0 Å². The fourth-order valence-corrected chi connectivity index (χ4v) is 3.55. The van der Waals surface area contributed by atoms with Gasteiger partial charge in [-0.05, 0) is 51.2 Å². The van der Waals surface area contributed by atoms with Gasteiger partial charge in [-0.3, -0.25) is 14.4 Å². The fraction of sp³-hybridized carbons (Fsp3) is 0.591. The van der Waals surface area contributed by atoms with E-state index in [1.54, 1.807) is 6.07 Å². The molecule has 1 aliphatic rings. The molecule has 2 N–H and O–H groups in total. The predicted octanol–water partition coefficient (Wildman–Crippen LogP) is 2.66. The van der Waals surface area contributed by atoms with Gasteiger partial charge in [0.1, 0.15) is 6.04 Å². The van der Waals surface area contributed by atoms with E-state index in [1.807, 2.05) is 50.8 Å². The maximum absolute atomic E-state index is 12.9. The van der Waals surface area contributed by atoms with E-state index in [2.05, 4.69) is 10.6 Å². The van der Waals surface area contributed by atoms with E-state index >= 15 is 0 Å². The molecular formula is C22H33N3O3. The number of hydrogen-bond acceptors (Lipinski definition) is 3. The molecule has 0 saturated carbocycles. The first-order valence-corrected chi connectivity index (χ1v) is 10.3. The van der Waals surface area contributed by atoms with Crippen LogP contribution in [0.25, 0.3) is 0 Å². The van der Waals surface area contributed by atoms with Crippen molar-refractivity contribution in [3.63, 3.8) is 0 Å². The first-order chi connectivity index (χ1) is 13.3. The van der Waals surface area contributed by atoms with E-state index in [9.17, 15) is 14.4 Å². The van der Waals surface area contributed by atoms with Gasteiger partial charge < -0.3 is 15.5 Å². The van der Waals surface area contributed by atoms with Crippen molar-refractivity contribution in [2.75, 3.05) is 13.1 Å². The average molecular weight is 388 g/mol. The third-order valence-corrected chi connectivity index (χ3v) is 5.52. The second-order valence-corrected chi connectivity index (χ2v) is 7.71. The van der Waals surface area contributed by atoms with Gasteiger partial charge in [0.2, 0.25) is 11.8 Å². The van der Waals surface area contributed by atoms with E-state index in [4.69, 9.17) is 0 Å². The number of benzene rings is 1. The van der Waals surface area contributed by atoms with Crippen LogP contribution in [0.15, 0.2) is 24.3 Å². The lowest BCUT2D eigenvalue weighted by Crippen LogP contribution is -2.55. The number of carbonyl (C=O) groups excluding carboxylic acids is 3. The van der Waals surface area contributed by atoms with Crippen molar-refractivity contribution in [1.29, 1.82) is 0 Å². The zero-order valence-electron chi connectivity index (χ0n) is 17.5. The first-order valence-electron chi connectivity index (χ1n) is 10.3. The van der Waals surface area contributed by atoms with Crippen LogP contribution in [0.4, 0.5) is 0 Å². The summed E-state index contributed by atoms with van der Waals surface area (Å²) in [6, 6.07) is 6.81. The van der Waals surface area contributed by atoms with Gasteiger partial charge in [-0.1, -0.05) is 31.5 Å². The summed E-state index contributed by atoms with van der Waals surface area (Å²) >= 11 is 0. The lowest BCUT2D eigenvalue weighted by Gasteiger charge is -2.36. The molecule has 0 aliphatic carbocycles. The van der Waals surface area contributed by atoms with Crippen LogP contribution in [0.5, 0.6) is 0 Å². The van der Waals surface area contributed by atoms with Crippen LogP contribution in [0.2, 0.25) is 0 Å². The zero-order chi connectivity index (χ0) is 20.7. The first kappa shape index (κ1) is 21.9. The number of hydrogen-bond donors (Lipinski definition) is 2. The third kappa shape index (κ3) is 5.81. The van der Waals surface area contributed by atoms with Crippen LogP contribution in [0.1, 0.15) is 62.4 Å². The Morgan fingerprint density at radius 2 is 1.82 bits per heavy atom. The summed E-state index contributed by atoms with van der Waals surface area (Å²) in [5, 5.41) is 5.97. The molecule has 2 rings (SSSR count). The minimum absolute atomic E-state index is 0.0127. The summed E-state index contributed by atoms with van der Waals surface area (Å²) in [6.45, 7) is 9.03. The van der Waals surface area contributed by atoms with Crippen molar-refractivity contribution in [3.8, 4) is 0 Å². The normalized spacial score (nSPS) is 16.9. The van der Waals surface area contributed by atoms with E-state index < -0.39 is 6.04 Å². The summed E-state index contributed by atoms with van der Waals surface area (Å²) in [4.78, 5) is 39.5. The molecular weight excluding hydrogens is 354 g/mol. The summed E-state index contributed by atoms with van der Waals surface area (Å²) in [7, 11) is 0. The highest BCUT2D eigenvalue weighted by Crippen LogP contribution is 2.22. The second-order valence-electron chi connectivity index (χ2n) is 7.71. The topological polar surface area (TPSA) is 78.5 Å². The summed E-state index contributed by atoms with van der Waals surface area (Å²) in [6.07, 6.45) is 2.73. The Kier molecular flexibility index (Phi) is 8.03. The molecule has 3 amide bonds. The standard InChI is InChI=1S/C22H33N3O3/c1-5-16(4)23-22(28)20(17-10-12-25(13-11-17)19(26)6-2)24-21(27)18-9-7-8-15(3)14-18/h7-9,14,16-17,20H,5-6,10-13H2,1-4H3,(H,23,28)(H,24,27)/t16-,20-/m1/s1. The Bertz CT molecular complexity index is 696. The van der Waals surface area contributed by atoms with Crippen LogP contribution in [-0.4, -0.2) is 47.8 Å². The minimum atomic E-state index is -0.596. The Hall–Kier alpha value is -2.37. The quantitative estimate of drug-likeness (QED) is 0.755. The highest BCUT2D eigenvalue weighted by Gasteiger charge is 2.34. The number of amides is 3. The van der Waals surface area contributed by atoms with Crippen LogP contribution in [-0.2, 0) is 9.59 Å². The van der Waals surface area contributed by atoms with Crippen molar-refractivity contribution >= 4 is 17.7 Å². The predicted molar refractivity (Wildman–Crippen MR) is 110 cm³/mol. The van der Waals surface area contributed by atoms with Crippen LogP contribution < -0.4 is 10.6 Å². The highest BCUT2D eigenvalue weighted by atomic mass is 16.2. The van der Waals surface area contributed by atoms with Crippen LogP contribution >= 0.6 is 0 Å². The number of carbonyl (C=O) groups is 3. The van der Waals surface area contributed by atoms with Gasteiger partial charge in [0.05, 0.1) is 0 Å². The van der Waals surface area contributed by atoms with Crippen LogP contribution in [0, 0.1) is 12.8 Å². The van der Waals surface area contributed by atoms with Crippen molar-refractivity contribution in [3.05, 3.63) is 35.4 Å². The molecule has 0 radical (unpaired) electrons. The molecule has 6 heteroatoms. The molecule has 1 aromatic carbocycles. The molecule has 1 heterocycles. The molecule has 0 spiro atoms. The maximum Gasteiger partial charge on any atom is 0.251 e. The van der Waals surface area contributed by atoms with Crippen molar-refractivity contribution in [2.24, 2.45) is 5.92 Å². The van der Waals surface area contributed by atoms with Gasteiger partial charge in [0, 0.05) is 31.1 Å². The van der Waals surface area contributed by atoms with Crippen molar-refractivity contribution in [2.45, 2.75) is 65.5 Å². The average Bonchev–Trinajstić information content (AvgIpc) is 2.71. The summed E-state index contributed by atoms with van der Waals surface area (Å²) < 4.78 is 0. The Morgan fingerprint density at radius 3 is 2.39 bits per heavy atom. The Balaban J connectivity index is 2.12. The number of nitrogens with zero attached hydrogens (tertiary/aromatic N) is 1.